The molecule has 0 spiro atoms. The van der Waals surface area contributed by atoms with Gasteiger partial charge >= 0.3 is 6.00 Å². The van der Waals surface area contributed by atoms with Crippen LogP contribution in [0.2, 0.25) is 6.04 Å². The van der Waals surface area contributed by atoms with Crippen molar-refractivity contribution in [2.75, 3.05) is 0 Å². The van der Waals surface area contributed by atoms with E-state index in [9.17, 15) is 0 Å². The first-order valence-corrected chi connectivity index (χ1v) is 8.29. The molecule has 60 valence electrons. The van der Waals surface area contributed by atoms with Gasteiger partial charge in [0.1, 0.15) is 0 Å². The molecule has 0 saturated carbocycles. The second kappa shape index (κ2) is 4.00. The van der Waals surface area contributed by atoms with Gasteiger partial charge in [0.05, 0.1) is 0 Å². The first-order valence-electron chi connectivity index (χ1n) is 3.05. The average molecular weight is 218 g/mol. The van der Waals surface area contributed by atoms with E-state index in [0.29, 0.717) is 12.0 Å². The maximum Gasteiger partial charge on any atom is 0.341 e. The molecule has 10 heavy (non-hydrogen) atoms. The summed E-state index contributed by atoms with van der Waals surface area (Å²) in [6, 6.07) is -1.75. The zero-order valence-electron chi connectivity index (χ0n) is 6.13. The van der Waals surface area contributed by atoms with Crippen LogP contribution in [0.5, 0.6) is 0 Å². The Bertz CT molecular complexity index is 127. The lowest BCUT2D eigenvalue weighted by atomic mass is 10.1. The summed E-state index contributed by atoms with van der Waals surface area (Å²) in [5.41, 5.74) is 1.08. The molecule has 0 radical (unpaired) electrons. The van der Waals surface area contributed by atoms with Crippen molar-refractivity contribution in [1.82, 2.24) is 0 Å². The molecule has 0 nitrogen and oxygen atoms in total. The molecular formula is C6H11Cl3Si. The molecule has 0 rings (SSSR count). The summed E-state index contributed by atoms with van der Waals surface area (Å²) in [6.07, 6.45) is 0. The summed E-state index contributed by atoms with van der Waals surface area (Å²) in [7, 11) is 0. The fraction of sp³-hybridized carbons (Fsp3) is 0.667. The molecule has 0 aliphatic heterocycles. The van der Waals surface area contributed by atoms with Crippen molar-refractivity contribution in [2.24, 2.45) is 5.92 Å². The highest BCUT2D eigenvalue weighted by Gasteiger charge is 2.27. The number of halogens is 3. The van der Waals surface area contributed by atoms with Crippen molar-refractivity contribution in [3.05, 3.63) is 12.2 Å². The highest BCUT2D eigenvalue weighted by atomic mass is 35.8. The van der Waals surface area contributed by atoms with Crippen LogP contribution in [-0.4, -0.2) is 6.00 Å². The van der Waals surface area contributed by atoms with Crippen molar-refractivity contribution in [2.45, 2.75) is 19.9 Å². The number of allylic oxidation sites excluding steroid dienone is 1. The predicted molar refractivity (Wildman–Crippen MR) is 52.1 cm³/mol. The average Bonchev–Trinajstić information content (AvgIpc) is 1.60. The minimum absolute atomic E-state index is 0.333. The summed E-state index contributed by atoms with van der Waals surface area (Å²) in [4.78, 5) is 0. The van der Waals surface area contributed by atoms with Gasteiger partial charge in [-0.2, -0.15) is 0 Å². The monoisotopic (exact) mass is 216 g/mol. The van der Waals surface area contributed by atoms with E-state index < -0.39 is 6.00 Å². The Labute approximate surface area is 77.3 Å². The van der Waals surface area contributed by atoms with Crippen LogP contribution < -0.4 is 0 Å². The lowest BCUT2D eigenvalue weighted by Crippen LogP contribution is -2.14. The Morgan fingerprint density at radius 3 is 2.00 bits per heavy atom. The van der Waals surface area contributed by atoms with Crippen LogP contribution >= 0.6 is 33.2 Å². The second-order valence-electron chi connectivity index (χ2n) is 2.57. The molecule has 0 fully saturated rings. The van der Waals surface area contributed by atoms with Crippen molar-refractivity contribution in [3.63, 3.8) is 0 Å². The zero-order valence-corrected chi connectivity index (χ0v) is 9.39. The highest BCUT2D eigenvalue weighted by Crippen LogP contribution is 2.31. The smallest absolute Gasteiger partial charge is 0.126 e. The first-order chi connectivity index (χ1) is 4.33. The fourth-order valence-corrected chi connectivity index (χ4v) is 3.65. The number of hydrogen-bond donors (Lipinski definition) is 0. The Kier molecular flexibility index (Phi) is 4.34. The maximum atomic E-state index is 5.70. The normalized spacial score (nSPS) is 14.9. The van der Waals surface area contributed by atoms with Crippen molar-refractivity contribution in [3.8, 4) is 0 Å². The maximum absolute atomic E-state index is 5.70. The van der Waals surface area contributed by atoms with E-state index in [1.807, 2.05) is 13.8 Å². The van der Waals surface area contributed by atoms with Crippen LogP contribution in [0.15, 0.2) is 12.2 Å². The summed E-state index contributed by atoms with van der Waals surface area (Å²) in [5, 5.41) is 0. The first kappa shape index (κ1) is 10.8. The SMILES string of the molecule is C=C(C)C(C)C[Si](Cl)(Cl)Cl. The van der Waals surface area contributed by atoms with E-state index in [1.54, 1.807) is 0 Å². The number of rotatable bonds is 3. The Morgan fingerprint density at radius 2 is 1.90 bits per heavy atom. The van der Waals surface area contributed by atoms with Crippen LogP contribution in [0.1, 0.15) is 13.8 Å². The van der Waals surface area contributed by atoms with Crippen LogP contribution in [-0.2, 0) is 0 Å². The molecule has 1 atom stereocenters. The molecule has 0 aliphatic carbocycles. The largest absolute Gasteiger partial charge is 0.341 e. The molecule has 0 aliphatic rings. The van der Waals surface area contributed by atoms with Gasteiger partial charge < -0.3 is 0 Å². The van der Waals surface area contributed by atoms with E-state index in [2.05, 4.69) is 6.58 Å². The Morgan fingerprint density at radius 1 is 1.50 bits per heavy atom. The van der Waals surface area contributed by atoms with Gasteiger partial charge in [-0.15, -0.1) is 33.2 Å². The quantitative estimate of drug-likeness (QED) is 0.383. The van der Waals surface area contributed by atoms with Crippen LogP contribution in [0, 0.1) is 5.92 Å². The van der Waals surface area contributed by atoms with Crippen molar-refractivity contribution in [1.29, 1.82) is 0 Å². The Hall–Kier alpha value is 0.827. The third kappa shape index (κ3) is 5.60. The van der Waals surface area contributed by atoms with E-state index >= 15 is 0 Å². The van der Waals surface area contributed by atoms with Gasteiger partial charge in [-0.05, 0) is 18.9 Å². The van der Waals surface area contributed by atoms with Gasteiger partial charge in [-0.25, -0.2) is 0 Å². The van der Waals surface area contributed by atoms with E-state index in [-0.39, 0.29) is 0 Å². The van der Waals surface area contributed by atoms with Crippen molar-refractivity contribution < 1.29 is 0 Å². The lowest BCUT2D eigenvalue weighted by molar-refractivity contribution is 0.767. The van der Waals surface area contributed by atoms with Gasteiger partial charge in [-0.3, -0.25) is 0 Å². The lowest BCUT2D eigenvalue weighted by Gasteiger charge is -2.14. The van der Waals surface area contributed by atoms with Gasteiger partial charge in [-0.1, -0.05) is 19.1 Å². The second-order valence-corrected chi connectivity index (χ2v) is 11.8. The summed E-state index contributed by atoms with van der Waals surface area (Å²) in [6.45, 7) is 7.76. The van der Waals surface area contributed by atoms with Gasteiger partial charge in [0.2, 0.25) is 0 Å². The predicted octanol–water partition coefficient (Wildman–Crippen LogP) is 3.85. The molecule has 0 heterocycles. The van der Waals surface area contributed by atoms with Gasteiger partial charge in [0.25, 0.3) is 0 Å². The standard InChI is InChI=1S/C6H11Cl3Si/c1-5(2)6(3)4-10(7,8)9/h6H,1,4H2,2-3H3. The topological polar surface area (TPSA) is 0 Å². The van der Waals surface area contributed by atoms with Crippen LogP contribution in [0.3, 0.4) is 0 Å². The number of hydrogen-bond acceptors (Lipinski definition) is 0. The highest BCUT2D eigenvalue weighted by molar-refractivity contribution is 7.64. The zero-order chi connectivity index (χ0) is 8.36. The molecule has 0 amide bonds. The molecule has 0 saturated heterocycles. The van der Waals surface area contributed by atoms with Crippen LogP contribution in [0.4, 0.5) is 0 Å². The van der Waals surface area contributed by atoms with Crippen LogP contribution in [0.25, 0.3) is 0 Å². The minimum atomic E-state index is -2.43. The molecular weight excluding hydrogens is 207 g/mol. The van der Waals surface area contributed by atoms with Gasteiger partial charge in [0, 0.05) is 0 Å². The summed E-state index contributed by atoms with van der Waals surface area (Å²) >= 11 is 17.1. The minimum Gasteiger partial charge on any atom is -0.126 e. The molecule has 4 heteroatoms. The molecule has 0 aromatic rings. The van der Waals surface area contributed by atoms with E-state index in [0.717, 1.165) is 5.57 Å². The molecule has 0 aromatic heterocycles. The molecule has 1 unspecified atom stereocenters. The summed E-state index contributed by atoms with van der Waals surface area (Å²) in [5.74, 6) is 0.333. The molecule has 0 N–H and O–H groups in total. The van der Waals surface area contributed by atoms with Crippen molar-refractivity contribution >= 4 is 39.2 Å². The molecule has 0 aromatic carbocycles. The van der Waals surface area contributed by atoms with E-state index in [4.69, 9.17) is 33.2 Å². The third-order valence-electron chi connectivity index (χ3n) is 1.38. The molecule has 0 bridgehead atoms. The summed E-state index contributed by atoms with van der Waals surface area (Å²) < 4.78 is 0. The van der Waals surface area contributed by atoms with Gasteiger partial charge in [0.15, 0.2) is 0 Å². The third-order valence-corrected chi connectivity index (χ3v) is 3.84. The fourth-order valence-electron chi connectivity index (χ4n) is 0.521. The Balaban J connectivity index is 3.80. The van der Waals surface area contributed by atoms with E-state index in [1.165, 1.54) is 0 Å².